The van der Waals surface area contributed by atoms with Crippen molar-refractivity contribution < 1.29 is 8.78 Å². The average Bonchev–Trinajstić information content (AvgIpc) is 3.00. The fourth-order valence-electron chi connectivity index (χ4n) is 3.85. The summed E-state index contributed by atoms with van der Waals surface area (Å²) in [4.78, 5) is 2.55. The molecule has 2 aliphatic rings. The predicted molar refractivity (Wildman–Crippen MR) is 75.5 cm³/mol. The number of hydrogen-bond donors (Lipinski definition) is 1. The quantitative estimate of drug-likeness (QED) is 0.891. The molecule has 1 heterocycles. The molecule has 0 amide bonds. The molecule has 1 saturated carbocycles. The van der Waals surface area contributed by atoms with Crippen LogP contribution in [0.1, 0.15) is 37.3 Å². The lowest BCUT2D eigenvalue weighted by Gasteiger charge is -2.28. The molecule has 4 heteroatoms. The number of nitrogens with one attached hydrogen (secondary N) is 1. The summed E-state index contributed by atoms with van der Waals surface area (Å²) in [5.41, 5.74) is 0.703. The van der Waals surface area contributed by atoms with Gasteiger partial charge in [0.05, 0.1) is 0 Å². The number of benzene rings is 1. The molecule has 2 bridgehead atoms. The van der Waals surface area contributed by atoms with Gasteiger partial charge in [-0.1, -0.05) is 0 Å². The summed E-state index contributed by atoms with van der Waals surface area (Å²) < 4.78 is 26.6. The number of hydrogen-bond acceptors (Lipinski definition) is 2. The second-order valence-electron chi connectivity index (χ2n) is 6.16. The molecule has 1 aromatic rings. The Balaban J connectivity index is 1.62. The van der Waals surface area contributed by atoms with E-state index in [9.17, 15) is 8.78 Å². The SMILES string of the molecule is CNC(CCN1CC2CCC1C2)c1cc(F)cc(F)c1. The van der Waals surface area contributed by atoms with Crippen LogP contribution in [0.2, 0.25) is 0 Å². The maximum absolute atomic E-state index is 13.3. The average molecular weight is 280 g/mol. The van der Waals surface area contributed by atoms with Gasteiger partial charge < -0.3 is 10.2 Å². The first kappa shape index (κ1) is 14.0. The topological polar surface area (TPSA) is 15.3 Å². The highest BCUT2D eigenvalue weighted by Crippen LogP contribution is 2.37. The molecular formula is C16H22F2N2. The molecule has 110 valence electrons. The molecule has 20 heavy (non-hydrogen) atoms. The van der Waals surface area contributed by atoms with Gasteiger partial charge in [-0.05, 0) is 56.3 Å². The molecule has 0 aromatic heterocycles. The highest BCUT2D eigenvalue weighted by atomic mass is 19.1. The van der Waals surface area contributed by atoms with Crippen LogP contribution in [0.25, 0.3) is 0 Å². The Hall–Kier alpha value is -1.00. The van der Waals surface area contributed by atoms with E-state index in [4.69, 9.17) is 0 Å². The van der Waals surface area contributed by atoms with E-state index in [2.05, 4.69) is 10.2 Å². The maximum atomic E-state index is 13.3. The minimum atomic E-state index is -0.500. The summed E-state index contributed by atoms with van der Waals surface area (Å²) in [6.07, 6.45) is 4.94. The minimum Gasteiger partial charge on any atom is -0.313 e. The molecule has 1 saturated heterocycles. The van der Waals surface area contributed by atoms with Crippen molar-refractivity contribution in [2.24, 2.45) is 5.92 Å². The van der Waals surface area contributed by atoms with E-state index in [0.29, 0.717) is 5.56 Å². The summed E-state index contributed by atoms with van der Waals surface area (Å²) in [5.74, 6) is -0.111. The van der Waals surface area contributed by atoms with Crippen LogP contribution in [-0.4, -0.2) is 31.1 Å². The Morgan fingerprint density at radius 1 is 1.25 bits per heavy atom. The molecular weight excluding hydrogens is 258 g/mol. The third-order valence-corrected chi connectivity index (χ3v) is 4.86. The van der Waals surface area contributed by atoms with E-state index in [1.54, 1.807) is 0 Å². The van der Waals surface area contributed by atoms with Gasteiger partial charge in [0.2, 0.25) is 0 Å². The molecule has 2 nitrogen and oxygen atoms in total. The van der Waals surface area contributed by atoms with Gasteiger partial charge >= 0.3 is 0 Å². The Bertz CT molecular complexity index is 457. The number of nitrogens with zero attached hydrogens (tertiary/aromatic N) is 1. The fourth-order valence-corrected chi connectivity index (χ4v) is 3.85. The van der Waals surface area contributed by atoms with Crippen molar-refractivity contribution in [2.75, 3.05) is 20.1 Å². The van der Waals surface area contributed by atoms with Crippen LogP contribution in [0.5, 0.6) is 0 Å². The summed E-state index contributed by atoms with van der Waals surface area (Å²) >= 11 is 0. The van der Waals surface area contributed by atoms with Crippen molar-refractivity contribution in [1.29, 1.82) is 0 Å². The minimum absolute atomic E-state index is 0.0133. The van der Waals surface area contributed by atoms with E-state index < -0.39 is 11.6 Å². The van der Waals surface area contributed by atoms with Gasteiger partial charge in [0.25, 0.3) is 0 Å². The summed E-state index contributed by atoms with van der Waals surface area (Å²) in [6, 6.07) is 4.55. The van der Waals surface area contributed by atoms with E-state index in [1.807, 2.05) is 7.05 Å². The molecule has 1 aliphatic carbocycles. The number of likely N-dealkylation sites (tertiary alicyclic amines) is 1. The molecule has 1 N–H and O–H groups in total. The zero-order valence-electron chi connectivity index (χ0n) is 11.9. The summed E-state index contributed by atoms with van der Waals surface area (Å²) in [5, 5.41) is 3.18. The zero-order chi connectivity index (χ0) is 14.1. The third-order valence-electron chi connectivity index (χ3n) is 4.86. The molecule has 3 atom stereocenters. The Labute approximate surface area is 119 Å². The number of fused-ring (bicyclic) bond motifs is 2. The molecule has 0 radical (unpaired) electrons. The number of halogens is 2. The van der Waals surface area contributed by atoms with Crippen LogP contribution < -0.4 is 5.32 Å². The van der Waals surface area contributed by atoms with E-state index in [-0.39, 0.29) is 6.04 Å². The standard InChI is InChI=1S/C16H22F2N2/c1-19-16(12-7-13(17)9-14(18)8-12)4-5-20-10-11-2-3-15(20)6-11/h7-9,11,15-16,19H,2-6,10H2,1H3. The monoisotopic (exact) mass is 280 g/mol. The lowest BCUT2D eigenvalue weighted by molar-refractivity contribution is 0.203. The highest BCUT2D eigenvalue weighted by Gasteiger charge is 2.37. The lowest BCUT2D eigenvalue weighted by Crippen LogP contribution is -2.34. The van der Waals surface area contributed by atoms with Gasteiger partial charge in [-0.15, -0.1) is 0 Å². The van der Waals surface area contributed by atoms with Gasteiger partial charge in [-0.25, -0.2) is 8.78 Å². The molecule has 2 fully saturated rings. The fraction of sp³-hybridized carbons (Fsp3) is 0.625. The smallest absolute Gasteiger partial charge is 0.126 e. The van der Waals surface area contributed by atoms with E-state index in [1.165, 1.54) is 37.9 Å². The largest absolute Gasteiger partial charge is 0.313 e. The van der Waals surface area contributed by atoms with Crippen LogP contribution in [0.3, 0.4) is 0 Å². The molecule has 1 aliphatic heterocycles. The molecule has 3 rings (SSSR count). The second kappa shape index (κ2) is 5.78. The van der Waals surface area contributed by atoms with Crippen molar-refractivity contribution in [3.63, 3.8) is 0 Å². The predicted octanol–water partition coefficient (Wildman–Crippen LogP) is 3.10. The van der Waals surface area contributed by atoms with Crippen molar-refractivity contribution in [2.45, 2.75) is 37.8 Å². The van der Waals surface area contributed by atoms with Crippen molar-refractivity contribution in [3.05, 3.63) is 35.4 Å². The Morgan fingerprint density at radius 2 is 2.00 bits per heavy atom. The van der Waals surface area contributed by atoms with Crippen LogP contribution >= 0.6 is 0 Å². The molecule has 0 spiro atoms. The Morgan fingerprint density at radius 3 is 2.55 bits per heavy atom. The van der Waals surface area contributed by atoms with Crippen LogP contribution in [0.15, 0.2) is 18.2 Å². The van der Waals surface area contributed by atoms with Gasteiger partial charge in [0.15, 0.2) is 0 Å². The van der Waals surface area contributed by atoms with Gasteiger partial charge in [-0.2, -0.15) is 0 Å². The highest BCUT2D eigenvalue weighted by molar-refractivity contribution is 5.21. The van der Waals surface area contributed by atoms with Crippen LogP contribution in [0.4, 0.5) is 8.78 Å². The normalized spacial score (nSPS) is 27.1. The number of piperidine rings is 1. The van der Waals surface area contributed by atoms with Crippen LogP contribution in [0, 0.1) is 17.6 Å². The van der Waals surface area contributed by atoms with Crippen molar-refractivity contribution in [1.82, 2.24) is 10.2 Å². The first-order valence-electron chi connectivity index (χ1n) is 7.53. The molecule has 3 unspecified atom stereocenters. The van der Waals surface area contributed by atoms with Gasteiger partial charge in [0, 0.05) is 31.2 Å². The van der Waals surface area contributed by atoms with Gasteiger partial charge in [0.1, 0.15) is 11.6 Å². The number of rotatable bonds is 5. The first-order valence-corrected chi connectivity index (χ1v) is 7.53. The second-order valence-corrected chi connectivity index (χ2v) is 6.16. The van der Waals surface area contributed by atoms with E-state index in [0.717, 1.165) is 31.0 Å². The van der Waals surface area contributed by atoms with Crippen molar-refractivity contribution in [3.8, 4) is 0 Å². The molecule has 1 aromatic carbocycles. The van der Waals surface area contributed by atoms with Crippen LogP contribution in [-0.2, 0) is 0 Å². The zero-order valence-corrected chi connectivity index (χ0v) is 11.9. The lowest BCUT2D eigenvalue weighted by atomic mass is 10.0. The third kappa shape index (κ3) is 2.86. The first-order chi connectivity index (χ1) is 9.65. The van der Waals surface area contributed by atoms with Gasteiger partial charge in [-0.3, -0.25) is 0 Å². The van der Waals surface area contributed by atoms with E-state index >= 15 is 0 Å². The summed E-state index contributed by atoms with van der Waals surface area (Å²) in [7, 11) is 1.85. The Kier molecular flexibility index (Phi) is 4.03. The maximum Gasteiger partial charge on any atom is 0.126 e. The van der Waals surface area contributed by atoms with Crippen molar-refractivity contribution >= 4 is 0 Å². The summed E-state index contributed by atoms with van der Waals surface area (Å²) in [6.45, 7) is 2.21.